The highest BCUT2D eigenvalue weighted by Gasteiger charge is 2.45. The minimum Gasteiger partial charge on any atom is -0.497 e. The number of ether oxygens (including phenoxy) is 1. The van der Waals surface area contributed by atoms with Gasteiger partial charge in [-0.1, -0.05) is 6.07 Å². The van der Waals surface area contributed by atoms with E-state index in [2.05, 4.69) is 17.0 Å². The van der Waals surface area contributed by atoms with Gasteiger partial charge >= 0.3 is 0 Å². The maximum atomic E-state index is 12.9. The van der Waals surface area contributed by atoms with Gasteiger partial charge in [0.05, 0.1) is 12.9 Å². The Bertz CT molecular complexity index is 783. The van der Waals surface area contributed by atoms with Crippen molar-refractivity contribution in [1.29, 1.82) is 0 Å². The van der Waals surface area contributed by atoms with E-state index < -0.39 is 10.0 Å². The molecule has 0 amide bonds. The number of fused-ring (bicyclic) bond motifs is 4. The van der Waals surface area contributed by atoms with Gasteiger partial charge in [0, 0.05) is 31.7 Å². The van der Waals surface area contributed by atoms with Crippen molar-refractivity contribution in [3.63, 3.8) is 0 Å². The number of piperidine rings is 2. The summed E-state index contributed by atoms with van der Waals surface area (Å²) >= 11 is 0. The highest BCUT2D eigenvalue weighted by Crippen LogP contribution is 2.44. The average Bonchev–Trinajstić information content (AvgIpc) is 2.69. The molecule has 3 aliphatic heterocycles. The zero-order valence-corrected chi connectivity index (χ0v) is 17.0. The molecule has 2 N–H and O–H groups in total. The lowest BCUT2D eigenvalue weighted by Gasteiger charge is -2.51. The van der Waals surface area contributed by atoms with Crippen LogP contribution in [0.3, 0.4) is 0 Å². The van der Waals surface area contributed by atoms with Crippen molar-refractivity contribution in [2.75, 3.05) is 39.0 Å². The topological polar surface area (TPSA) is 75.9 Å². The summed E-state index contributed by atoms with van der Waals surface area (Å²) in [6.07, 6.45) is 4.57. The predicted molar refractivity (Wildman–Crippen MR) is 106 cm³/mol. The van der Waals surface area contributed by atoms with E-state index in [0.29, 0.717) is 31.5 Å². The zero-order chi connectivity index (χ0) is 19.0. The summed E-state index contributed by atoms with van der Waals surface area (Å²) in [7, 11) is -1.52. The molecule has 0 aromatic heterocycles. The Balaban J connectivity index is 1.60. The fourth-order valence-electron chi connectivity index (χ4n) is 5.25. The molecule has 1 aromatic rings. The van der Waals surface area contributed by atoms with Gasteiger partial charge in [0.1, 0.15) is 5.75 Å². The molecule has 27 heavy (non-hydrogen) atoms. The van der Waals surface area contributed by atoms with Crippen LogP contribution in [0.2, 0.25) is 0 Å². The second kappa shape index (κ2) is 7.70. The first kappa shape index (κ1) is 19.2. The van der Waals surface area contributed by atoms with E-state index in [0.717, 1.165) is 44.5 Å². The number of hydrogen-bond donors (Lipinski definition) is 1. The number of nitrogens with zero attached hydrogens (tertiary/aromatic N) is 2. The molecule has 0 unspecified atom stereocenters. The average molecular weight is 394 g/mol. The number of rotatable bonds is 5. The summed E-state index contributed by atoms with van der Waals surface area (Å²) in [4.78, 5) is 2.58. The van der Waals surface area contributed by atoms with Crippen molar-refractivity contribution in [3.8, 4) is 5.75 Å². The molecule has 0 aliphatic carbocycles. The molecule has 0 bridgehead atoms. The number of nitrogens with two attached hydrogens (primary N) is 1. The van der Waals surface area contributed by atoms with Crippen molar-refractivity contribution in [3.05, 3.63) is 29.3 Å². The lowest BCUT2D eigenvalue weighted by atomic mass is 9.77. The van der Waals surface area contributed by atoms with Gasteiger partial charge < -0.3 is 10.5 Å². The van der Waals surface area contributed by atoms with Crippen LogP contribution in [0.15, 0.2) is 18.2 Å². The summed E-state index contributed by atoms with van der Waals surface area (Å²) in [5.41, 5.74) is 8.26. The van der Waals surface area contributed by atoms with Gasteiger partial charge in [-0.2, -0.15) is 4.31 Å². The number of hydrogen-bond acceptors (Lipinski definition) is 5. The van der Waals surface area contributed by atoms with Gasteiger partial charge in [-0.05, 0) is 67.8 Å². The molecule has 0 radical (unpaired) electrons. The van der Waals surface area contributed by atoms with Crippen LogP contribution in [0.25, 0.3) is 0 Å². The fourth-order valence-corrected chi connectivity index (χ4v) is 7.09. The molecule has 0 saturated carbocycles. The van der Waals surface area contributed by atoms with Crippen molar-refractivity contribution < 1.29 is 13.2 Å². The Morgan fingerprint density at radius 3 is 2.93 bits per heavy atom. The van der Waals surface area contributed by atoms with E-state index in [4.69, 9.17) is 10.5 Å². The maximum Gasteiger partial charge on any atom is 0.214 e. The van der Waals surface area contributed by atoms with Crippen LogP contribution in [0.5, 0.6) is 5.75 Å². The molecule has 6 nitrogen and oxygen atoms in total. The summed E-state index contributed by atoms with van der Waals surface area (Å²) in [5.74, 6) is 1.52. The molecule has 2 saturated heterocycles. The molecule has 2 fully saturated rings. The minimum absolute atomic E-state index is 0.121. The summed E-state index contributed by atoms with van der Waals surface area (Å²) < 4.78 is 33.1. The first-order chi connectivity index (χ1) is 13.0. The largest absolute Gasteiger partial charge is 0.497 e. The minimum atomic E-state index is -3.23. The number of methoxy groups -OCH3 is 1. The van der Waals surface area contributed by atoms with Crippen molar-refractivity contribution in [2.45, 2.75) is 44.2 Å². The van der Waals surface area contributed by atoms with Crippen LogP contribution in [0, 0.1) is 5.92 Å². The molecule has 150 valence electrons. The predicted octanol–water partition coefficient (Wildman–Crippen LogP) is 1.76. The van der Waals surface area contributed by atoms with Gasteiger partial charge in [0.2, 0.25) is 10.0 Å². The normalized spacial score (nSPS) is 28.9. The van der Waals surface area contributed by atoms with Crippen LogP contribution in [-0.4, -0.2) is 62.7 Å². The Morgan fingerprint density at radius 2 is 2.15 bits per heavy atom. The third-order valence-corrected chi connectivity index (χ3v) is 8.56. The summed E-state index contributed by atoms with van der Waals surface area (Å²) in [6, 6.07) is 6.80. The third-order valence-electron chi connectivity index (χ3n) is 6.58. The first-order valence-corrected chi connectivity index (χ1v) is 11.7. The Hall–Kier alpha value is -1.15. The Kier molecular flexibility index (Phi) is 5.47. The van der Waals surface area contributed by atoms with Crippen molar-refractivity contribution in [1.82, 2.24) is 9.21 Å². The Morgan fingerprint density at radius 1 is 1.30 bits per heavy atom. The van der Waals surface area contributed by atoms with Gasteiger partial charge in [0.15, 0.2) is 0 Å². The van der Waals surface area contributed by atoms with E-state index in [-0.39, 0.29) is 11.8 Å². The summed E-state index contributed by atoms with van der Waals surface area (Å²) in [6.45, 7) is 3.14. The van der Waals surface area contributed by atoms with Crippen molar-refractivity contribution >= 4 is 10.0 Å². The maximum absolute atomic E-state index is 12.9. The van der Waals surface area contributed by atoms with Gasteiger partial charge in [-0.15, -0.1) is 0 Å². The molecule has 3 atom stereocenters. The van der Waals surface area contributed by atoms with Gasteiger partial charge in [-0.25, -0.2) is 8.42 Å². The molecule has 0 spiro atoms. The van der Waals surface area contributed by atoms with Crippen molar-refractivity contribution in [2.24, 2.45) is 11.7 Å². The summed E-state index contributed by atoms with van der Waals surface area (Å²) in [5, 5.41) is 0. The molecule has 3 aliphatic rings. The molecule has 3 heterocycles. The lowest BCUT2D eigenvalue weighted by Crippen LogP contribution is -2.57. The lowest BCUT2D eigenvalue weighted by molar-refractivity contribution is 0.0219. The molecule has 1 aromatic carbocycles. The van der Waals surface area contributed by atoms with Crippen LogP contribution in [0.4, 0.5) is 0 Å². The van der Waals surface area contributed by atoms with E-state index in [1.54, 1.807) is 7.11 Å². The highest BCUT2D eigenvalue weighted by atomic mass is 32.2. The zero-order valence-electron chi connectivity index (χ0n) is 16.1. The van der Waals surface area contributed by atoms with Gasteiger partial charge in [-0.3, -0.25) is 4.90 Å². The van der Waals surface area contributed by atoms with Crippen LogP contribution >= 0.6 is 0 Å². The molecule has 4 rings (SSSR count). The quantitative estimate of drug-likeness (QED) is 0.825. The third kappa shape index (κ3) is 3.62. The first-order valence-electron chi connectivity index (χ1n) is 10.1. The standard InChI is InChI=1S/C20H31N3O3S/c1-26-17-5-6-18-15(12-17)7-10-22-14-16-4-2-9-23(19(16)13-20(18)22)27(24,25)11-3-8-21/h5-6,12,16,19-20H,2-4,7-11,13-14,21H2,1H3/t16-,19+,20+/m1/s1. The molecular weight excluding hydrogens is 362 g/mol. The van der Waals surface area contributed by atoms with Gasteiger partial charge in [0.25, 0.3) is 0 Å². The smallest absolute Gasteiger partial charge is 0.214 e. The highest BCUT2D eigenvalue weighted by molar-refractivity contribution is 7.89. The Labute approximate surface area is 162 Å². The van der Waals surface area contributed by atoms with E-state index in [1.165, 1.54) is 11.1 Å². The monoisotopic (exact) mass is 393 g/mol. The van der Waals surface area contributed by atoms with E-state index in [1.807, 2.05) is 10.4 Å². The SMILES string of the molecule is COc1ccc2c(c1)CCN1C[C@H]3CCCN(S(=O)(=O)CCCN)[C@H]3C[C@@H]21. The van der Waals surface area contributed by atoms with E-state index in [9.17, 15) is 8.42 Å². The van der Waals surface area contributed by atoms with E-state index >= 15 is 0 Å². The number of sulfonamides is 1. The molecular formula is C20H31N3O3S. The van der Waals surface area contributed by atoms with Crippen LogP contribution in [-0.2, 0) is 16.4 Å². The fraction of sp³-hybridized carbons (Fsp3) is 0.700. The molecule has 7 heteroatoms. The second-order valence-electron chi connectivity index (χ2n) is 8.10. The van der Waals surface area contributed by atoms with Crippen LogP contribution in [0.1, 0.15) is 42.9 Å². The van der Waals surface area contributed by atoms with Crippen LogP contribution < -0.4 is 10.5 Å². The second-order valence-corrected chi connectivity index (χ2v) is 10.1. The number of benzene rings is 1.